The fourth-order valence-corrected chi connectivity index (χ4v) is 2.59. The van der Waals surface area contributed by atoms with E-state index in [0.29, 0.717) is 11.7 Å². The second-order valence-electron chi connectivity index (χ2n) is 4.44. The first-order valence-corrected chi connectivity index (χ1v) is 5.90. The predicted octanol–water partition coefficient (Wildman–Crippen LogP) is 0.965. The number of nitrogens with zero attached hydrogens (tertiary/aromatic N) is 3. The molecular formula is C12H14N4O2. The maximum Gasteiger partial charge on any atom is 0.356 e. The van der Waals surface area contributed by atoms with E-state index in [1.54, 1.807) is 12.3 Å². The fraction of sp³-hybridized carbons (Fsp3) is 0.417. The summed E-state index contributed by atoms with van der Waals surface area (Å²) in [6.45, 7) is 0.912. The van der Waals surface area contributed by atoms with Crippen molar-refractivity contribution in [1.29, 1.82) is 0 Å². The summed E-state index contributed by atoms with van der Waals surface area (Å²) >= 11 is 0. The molecule has 6 nitrogen and oxygen atoms in total. The van der Waals surface area contributed by atoms with Gasteiger partial charge in [0.2, 0.25) is 0 Å². The van der Waals surface area contributed by atoms with Gasteiger partial charge in [0.25, 0.3) is 0 Å². The highest BCUT2D eigenvalue weighted by molar-refractivity contribution is 5.89. The summed E-state index contributed by atoms with van der Waals surface area (Å²) < 4.78 is 4.68. The van der Waals surface area contributed by atoms with Gasteiger partial charge in [0.1, 0.15) is 5.69 Å². The Balaban J connectivity index is 2.08. The molecule has 3 heterocycles. The quantitative estimate of drug-likeness (QED) is 0.746. The summed E-state index contributed by atoms with van der Waals surface area (Å²) in [6.07, 6.45) is 3.69. The molecule has 0 saturated carbocycles. The van der Waals surface area contributed by atoms with Gasteiger partial charge in [-0.2, -0.15) is 0 Å². The minimum Gasteiger partial charge on any atom is -0.464 e. The molecule has 1 atom stereocenters. The third kappa shape index (κ3) is 1.53. The van der Waals surface area contributed by atoms with Crippen molar-refractivity contribution >= 4 is 17.6 Å². The highest BCUT2D eigenvalue weighted by atomic mass is 16.5. The third-order valence-electron chi connectivity index (χ3n) is 3.45. The van der Waals surface area contributed by atoms with Crippen molar-refractivity contribution in [2.75, 3.05) is 13.7 Å². The molecule has 2 N–H and O–H groups in total. The van der Waals surface area contributed by atoms with E-state index in [-0.39, 0.29) is 6.04 Å². The smallest absolute Gasteiger partial charge is 0.356 e. The molecule has 2 aliphatic rings. The Kier molecular flexibility index (Phi) is 2.43. The molecule has 1 aromatic heterocycles. The summed E-state index contributed by atoms with van der Waals surface area (Å²) in [5.41, 5.74) is 8.00. The van der Waals surface area contributed by atoms with Crippen molar-refractivity contribution in [3.8, 4) is 0 Å². The number of carbonyl (C=O) groups is 1. The van der Waals surface area contributed by atoms with Crippen LogP contribution < -0.4 is 5.73 Å². The first kappa shape index (κ1) is 11.0. The zero-order chi connectivity index (χ0) is 12.7. The average Bonchev–Trinajstić information content (AvgIpc) is 2.88. The van der Waals surface area contributed by atoms with E-state index in [2.05, 4.69) is 19.6 Å². The lowest BCUT2D eigenvalue weighted by Gasteiger charge is -2.30. The SMILES string of the molecule is COC(=O)c1cc2c(cn1)N=C(N)N1CCCC21. The largest absolute Gasteiger partial charge is 0.464 e. The number of rotatable bonds is 1. The summed E-state index contributed by atoms with van der Waals surface area (Å²) in [5.74, 6) is 0.113. The van der Waals surface area contributed by atoms with Crippen LogP contribution in [-0.4, -0.2) is 35.5 Å². The van der Waals surface area contributed by atoms with Crippen molar-refractivity contribution in [2.45, 2.75) is 18.9 Å². The van der Waals surface area contributed by atoms with Crippen molar-refractivity contribution in [3.05, 3.63) is 23.5 Å². The number of hydrogen-bond donors (Lipinski definition) is 1. The zero-order valence-electron chi connectivity index (χ0n) is 10.1. The molecule has 2 aliphatic heterocycles. The number of ether oxygens (including phenoxy) is 1. The van der Waals surface area contributed by atoms with Gasteiger partial charge in [-0.1, -0.05) is 0 Å². The van der Waals surface area contributed by atoms with Crippen molar-refractivity contribution in [2.24, 2.45) is 10.7 Å². The molecule has 0 bridgehead atoms. The number of nitrogens with two attached hydrogens (primary N) is 1. The number of guanidine groups is 1. The number of aliphatic imine (C=N–C) groups is 1. The average molecular weight is 246 g/mol. The predicted molar refractivity (Wildman–Crippen MR) is 65.5 cm³/mol. The number of pyridine rings is 1. The van der Waals surface area contributed by atoms with Crippen LogP contribution >= 0.6 is 0 Å². The molecule has 1 aromatic rings. The first-order chi connectivity index (χ1) is 8.70. The summed E-state index contributed by atoms with van der Waals surface area (Å²) in [7, 11) is 1.35. The number of aromatic nitrogens is 1. The van der Waals surface area contributed by atoms with Crippen molar-refractivity contribution < 1.29 is 9.53 Å². The lowest BCUT2D eigenvalue weighted by Crippen LogP contribution is -2.38. The molecule has 1 unspecified atom stereocenters. The molecule has 18 heavy (non-hydrogen) atoms. The van der Waals surface area contributed by atoms with Crippen LogP contribution in [0.4, 0.5) is 5.69 Å². The van der Waals surface area contributed by atoms with E-state index in [1.807, 2.05) is 0 Å². The Hall–Kier alpha value is -2.11. The van der Waals surface area contributed by atoms with Crippen LogP contribution in [0.2, 0.25) is 0 Å². The Bertz CT molecular complexity index is 541. The molecule has 0 aromatic carbocycles. The number of hydrogen-bond acceptors (Lipinski definition) is 6. The lowest BCUT2D eigenvalue weighted by atomic mass is 10.0. The third-order valence-corrected chi connectivity index (χ3v) is 3.45. The number of carbonyl (C=O) groups excluding carboxylic acids is 1. The minimum atomic E-state index is -0.426. The van der Waals surface area contributed by atoms with E-state index in [4.69, 9.17) is 5.73 Å². The van der Waals surface area contributed by atoms with Crippen LogP contribution in [0.3, 0.4) is 0 Å². The van der Waals surface area contributed by atoms with Gasteiger partial charge >= 0.3 is 5.97 Å². The number of methoxy groups -OCH3 is 1. The fourth-order valence-electron chi connectivity index (χ4n) is 2.59. The van der Waals surface area contributed by atoms with Crippen molar-refractivity contribution in [1.82, 2.24) is 9.88 Å². The minimum absolute atomic E-state index is 0.212. The molecule has 3 rings (SSSR count). The molecule has 0 radical (unpaired) electrons. The second-order valence-corrected chi connectivity index (χ2v) is 4.44. The summed E-state index contributed by atoms with van der Waals surface area (Å²) in [4.78, 5) is 21.9. The summed E-state index contributed by atoms with van der Waals surface area (Å²) in [5, 5.41) is 0. The van der Waals surface area contributed by atoms with Gasteiger partial charge in [-0.3, -0.25) is 0 Å². The van der Waals surface area contributed by atoms with Crippen LogP contribution in [0.15, 0.2) is 17.3 Å². The standard InChI is InChI=1S/C12H14N4O2/c1-18-11(17)8-5-7-9(6-14-8)15-12(13)16-4-2-3-10(7)16/h5-6,10H,2-4H2,1H3,(H2,13,15). The zero-order valence-corrected chi connectivity index (χ0v) is 10.1. The maximum atomic E-state index is 11.5. The van der Waals surface area contributed by atoms with E-state index in [9.17, 15) is 4.79 Å². The lowest BCUT2D eigenvalue weighted by molar-refractivity contribution is 0.0594. The molecule has 6 heteroatoms. The van der Waals surface area contributed by atoms with Crippen LogP contribution in [-0.2, 0) is 4.74 Å². The Labute approximate surface area is 104 Å². The highest BCUT2D eigenvalue weighted by Crippen LogP contribution is 2.40. The van der Waals surface area contributed by atoms with Gasteiger partial charge in [0.15, 0.2) is 5.96 Å². The summed E-state index contributed by atoms with van der Waals surface area (Å²) in [6, 6.07) is 1.98. The molecular weight excluding hydrogens is 232 g/mol. The van der Waals surface area contributed by atoms with Gasteiger partial charge in [0, 0.05) is 12.1 Å². The number of esters is 1. The van der Waals surface area contributed by atoms with Gasteiger partial charge in [-0.15, -0.1) is 0 Å². The normalized spacial score (nSPS) is 21.1. The Morgan fingerprint density at radius 1 is 1.61 bits per heavy atom. The molecule has 1 saturated heterocycles. The highest BCUT2D eigenvalue weighted by Gasteiger charge is 2.33. The van der Waals surface area contributed by atoms with Crippen molar-refractivity contribution in [3.63, 3.8) is 0 Å². The molecule has 0 spiro atoms. The number of fused-ring (bicyclic) bond motifs is 3. The molecule has 94 valence electrons. The van der Waals surface area contributed by atoms with Gasteiger partial charge in [0.05, 0.1) is 25.0 Å². The van der Waals surface area contributed by atoms with Crippen LogP contribution in [0.25, 0.3) is 0 Å². The van der Waals surface area contributed by atoms with E-state index in [0.717, 1.165) is 30.6 Å². The topological polar surface area (TPSA) is 80.8 Å². The first-order valence-electron chi connectivity index (χ1n) is 5.90. The van der Waals surface area contributed by atoms with Gasteiger partial charge in [-0.25, -0.2) is 14.8 Å². The van der Waals surface area contributed by atoms with Gasteiger partial charge in [-0.05, 0) is 18.9 Å². The van der Waals surface area contributed by atoms with E-state index < -0.39 is 5.97 Å². The molecule has 0 amide bonds. The van der Waals surface area contributed by atoms with Crippen LogP contribution in [0.5, 0.6) is 0 Å². The molecule has 0 aliphatic carbocycles. The Morgan fingerprint density at radius 2 is 2.44 bits per heavy atom. The second kappa shape index (κ2) is 3.97. The van der Waals surface area contributed by atoms with Crippen LogP contribution in [0, 0.1) is 0 Å². The molecule has 1 fully saturated rings. The van der Waals surface area contributed by atoms with Gasteiger partial charge < -0.3 is 15.4 Å². The van der Waals surface area contributed by atoms with Crippen LogP contribution in [0.1, 0.15) is 34.9 Å². The monoisotopic (exact) mass is 246 g/mol. The Morgan fingerprint density at radius 3 is 3.22 bits per heavy atom. The maximum absolute atomic E-state index is 11.5. The van der Waals surface area contributed by atoms with E-state index >= 15 is 0 Å². The van der Waals surface area contributed by atoms with E-state index in [1.165, 1.54) is 7.11 Å².